The molecule has 0 aliphatic carbocycles. The minimum absolute atomic E-state index is 0.0552. The van der Waals surface area contributed by atoms with Crippen molar-refractivity contribution in [3.05, 3.63) is 59.0 Å². The van der Waals surface area contributed by atoms with Crippen molar-refractivity contribution in [3.8, 4) is 11.5 Å². The Morgan fingerprint density at radius 2 is 1.78 bits per heavy atom. The summed E-state index contributed by atoms with van der Waals surface area (Å²) in [4.78, 5) is 53.3. The summed E-state index contributed by atoms with van der Waals surface area (Å²) >= 11 is 0.867. The Kier molecular flexibility index (Phi) is 7.94. The van der Waals surface area contributed by atoms with E-state index in [1.165, 1.54) is 0 Å². The van der Waals surface area contributed by atoms with Crippen LogP contribution in [0.1, 0.15) is 18.9 Å². The van der Waals surface area contributed by atoms with Crippen molar-refractivity contribution in [1.29, 1.82) is 0 Å². The fourth-order valence-electron chi connectivity index (χ4n) is 4.00. The number of carbonyl (C=O) groups excluding carboxylic acids is 4. The molecular formula is C26H27N3O6S. The number of hydrogen-bond acceptors (Lipinski definition) is 7. The molecule has 0 bridgehead atoms. The lowest BCUT2D eigenvalue weighted by Crippen LogP contribution is -2.40. The summed E-state index contributed by atoms with van der Waals surface area (Å²) in [5.74, 6) is 0.101. The minimum atomic E-state index is -0.506. The first-order valence-corrected chi connectivity index (χ1v) is 12.4. The number of benzene rings is 2. The fourth-order valence-corrected chi connectivity index (χ4v) is 4.87. The van der Waals surface area contributed by atoms with Gasteiger partial charge in [-0.3, -0.25) is 24.1 Å². The Balaban J connectivity index is 1.28. The molecule has 0 radical (unpaired) electrons. The van der Waals surface area contributed by atoms with E-state index in [-0.39, 0.29) is 43.1 Å². The molecule has 10 heteroatoms. The molecule has 36 heavy (non-hydrogen) atoms. The van der Waals surface area contributed by atoms with Crippen molar-refractivity contribution in [2.75, 3.05) is 38.3 Å². The molecule has 4 amide bonds. The number of imide groups is 1. The van der Waals surface area contributed by atoms with Gasteiger partial charge in [0.1, 0.15) is 11.5 Å². The molecule has 0 aromatic heterocycles. The van der Waals surface area contributed by atoms with E-state index < -0.39 is 11.8 Å². The van der Waals surface area contributed by atoms with E-state index in [1.54, 1.807) is 66.6 Å². The van der Waals surface area contributed by atoms with Crippen molar-refractivity contribution in [2.45, 2.75) is 13.3 Å². The largest absolute Gasteiger partial charge is 0.497 e. The number of hydrogen-bond donors (Lipinski definition) is 1. The Hall–Kier alpha value is -3.79. The maximum absolute atomic E-state index is 12.7. The highest BCUT2D eigenvalue weighted by Crippen LogP contribution is 2.32. The second-order valence-corrected chi connectivity index (χ2v) is 9.22. The van der Waals surface area contributed by atoms with Gasteiger partial charge in [-0.25, -0.2) is 0 Å². The van der Waals surface area contributed by atoms with Crippen LogP contribution in [0.4, 0.5) is 10.5 Å². The van der Waals surface area contributed by atoms with Crippen LogP contribution >= 0.6 is 11.8 Å². The zero-order chi connectivity index (χ0) is 25.7. The molecule has 0 spiro atoms. The molecule has 2 aromatic rings. The predicted octanol–water partition coefficient (Wildman–Crippen LogP) is 3.30. The minimum Gasteiger partial charge on any atom is -0.497 e. The summed E-state index contributed by atoms with van der Waals surface area (Å²) in [6, 6.07) is 14.3. The average Bonchev–Trinajstić information content (AvgIpc) is 3.39. The molecule has 2 aliphatic heterocycles. The summed E-state index contributed by atoms with van der Waals surface area (Å²) < 4.78 is 10.6. The van der Waals surface area contributed by atoms with E-state index in [0.717, 1.165) is 22.2 Å². The van der Waals surface area contributed by atoms with Gasteiger partial charge in [-0.1, -0.05) is 12.1 Å². The van der Waals surface area contributed by atoms with Crippen LogP contribution in [0.3, 0.4) is 0 Å². The van der Waals surface area contributed by atoms with Crippen molar-refractivity contribution < 1.29 is 28.7 Å². The Morgan fingerprint density at radius 1 is 1.08 bits per heavy atom. The third-order valence-corrected chi connectivity index (χ3v) is 6.78. The zero-order valence-corrected chi connectivity index (χ0v) is 20.9. The van der Waals surface area contributed by atoms with E-state index in [9.17, 15) is 19.2 Å². The van der Waals surface area contributed by atoms with Gasteiger partial charge in [0, 0.05) is 31.7 Å². The summed E-state index contributed by atoms with van der Waals surface area (Å²) in [6.45, 7) is 2.89. The molecule has 2 fully saturated rings. The molecule has 0 saturated carbocycles. The van der Waals surface area contributed by atoms with E-state index in [1.807, 2.05) is 6.92 Å². The summed E-state index contributed by atoms with van der Waals surface area (Å²) in [7, 11) is 1.57. The van der Waals surface area contributed by atoms with E-state index in [0.29, 0.717) is 28.7 Å². The van der Waals surface area contributed by atoms with Gasteiger partial charge in [0.2, 0.25) is 11.8 Å². The molecule has 2 aliphatic rings. The number of ether oxygens (including phenoxy) is 2. The number of anilines is 1. The van der Waals surface area contributed by atoms with Gasteiger partial charge in [0.15, 0.2) is 0 Å². The normalized spacial score (nSPS) is 18.8. The molecule has 1 atom stereocenters. The molecule has 2 saturated heterocycles. The molecule has 9 nitrogen and oxygen atoms in total. The van der Waals surface area contributed by atoms with Crippen molar-refractivity contribution in [2.24, 2.45) is 5.92 Å². The maximum atomic E-state index is 12.7. The maximum Gasteiger partial charge on any atom is 0.293 e. The third-order valence-electron chi connectivity index (χ3n) is 5.88. The smallest absolute Gasteiger partial charge is 0.293 e. The van der Waals surface area contributed by atoms with Crippen LogP contribution in [-0.4, -0.2) is 61.2 Å². The highest BCUT2D eigenvalue weighted by Gasteiger charge is 2.37. The van der Waals surface area contributed by atoms with Gasteiger partial charge < -0.3 is 19.7 Å². The summed E-state index contributed by atoms with van der Waals surface area (Å²) in [6.07, 6.45) is 1.76. The number of thioether (sulfide) groups is 1. The number of methoxy groups -OCH3 is 1. The number of nitrogens with zero attached hydrogens (tertiary/aromatic N) is 2. The highest BCUT2D eigenvalue weighted by atomic mass is 32.2. The Bertz CT molecular complexity index is 1180. The van der Waals surface area contributed by atoms with Crippen LogP contribution in [0.15, 0.2) is 53.4 Å². The SMILES string of the molecule is CCOc1ccc(N2C[C@H](C(=O)NCCN3C(=O)S/C(=C\c4ccc(OC)cc4)C3=O)CC2=O)cc1. The Labute approximate surface area is 213 Å². The topological polar surface area (TPSA) is 105 Å². The second-order valence-electron chi connectivity index (χ2n) is 8.23. The van der Waals surface area contributed by atoms with Gasteiger partial charge in [-0.15, -0.1) is 0 Å². The third kappa shape index (κ3) is 5.71. The second kappa shape index (κ2) is 11.3. The lowest BCUT2D eigenvalue weighted by atomic mass is 10.1. The number of rotatable bonds is 9. The number of nitrogens with one attached hydrogen (secondary N) is 1. The van der Waals surface area contributed by atoms with Gasteiger partial charge in [0.25, 0.3) is 11.1 Å². The van der Waals surface area contributed by atoms with Crippen LogP contribution in [-0.2, 0) is 14.4 Å². The molecule has 4 rings (SSSR count). The van der Waals surface area contributed by atoms with E-state index >= 15 is 0 Å². The van der Waals surface area contributed by atoms with Crippen LogP contribution in [0.25, 0.3) is 6.08 Å². The fraction of sp³-hybridized carbons (Fsp3) is 0.308. The molecule has 2 heterocycles. The zero-order valence-electron chi connectivity index (χ0n) is 20.1. The Morgan fingerprint density at radius 3 is 2.44 bits per heavy atom. The monoisotopic (exact) mass is 509 g/mol. The van der Waals surface area contributed by atoms with Crippen LogP contribution in [0.5, 0.6) is 11.5 Å². The number of amides is 4. The van der Waals surface area contributed by atoms with Gasteiger partial charge in [0.05, 0.1) is 24.5 Å². The van der Waals surface area contributed by atoms with Gasteiger partial charge in [-0.2, -0.15) is 0 Å². The van der Waals surface area contributed by atoms with E-state index in [4.69, 9.17) is 9.47 Å². The highest BCUT2D eigenvalue weighted by molar-refractivity contribution is 8.18. The van der Waals surface area contributed by atoms with Crippen LogP contribution in [0, 0.1) is 5.92 Å². The summed E-state index contributed by atoms with van der Waals surface area (Å²) in [5.41, 5.74) is 1.48. The van der Waals surface area contributed by atoms with E-state index in [2.05, 4.69) is 5.32 Å². The quantitative estimate of drug-likeness (QED) is 0.517. The first-order valence-electron chi connectivity index (χ1n) is 11.6. The molecule has 188 valence electrons. The average molecular weight is 510 g/mol. The predicted molar refractivity (Wildman–Crippen MR) is 137 cm³/mol. The lowest BCUT2D eigenvalue weighted by molar-refractivity contribution is -0.127. The molecule has 0 unspecified atom stereocenters. The van der Waals surface area contributed by atoms with Crippen molar-refractivity contribution >= 4 is 46.5 Å². The number of carbonyl (C=O) groups is 4. The van der Waals surface area contributed by atoms with Crippen LogP contribution in [0.2, 0.25) is 0 Å². The van der Waals surface area contributed by atoms with Crippen molar-refractivity contribution in [1.82, 2.24) is 10.2 Å². The first kappa shape index (κ1) is 25.3. The standard InChI is InChI=1S/C26H27N3O6S/c1-3-35-21-10-6-19(7-11-21)29-16-18(15-23(29)30)24(31)27-12-13-28-25(32)22(36-26(28)33)14-17-4-8-20(34-2)9-5-17/h4-11,14,18H,3,12-13,15-16H2,1-2H3,(H,27,31)/b22-14-/t18-/m1/s1. The van der Waals surface area contributed by atoms with Gasteiger partial charge in [-0.05, 0) is 66.7 Å². The molecular weight excluding hydrogens is 482 g/mol. The lowest BCUT2D eigenvalue weighted by Gasteiger charge is -2.18. The molecule has 1 N–H and O–H groups in total. The summed E-state index contributed by atoms with van der Waals surface area (Å²) in [5, 5.41) is 2.38. The van der Waals surface area contributed by atoms with Gasteiger partial charge >= 0.3 is 0 Å². The molecule has 2 aromatic carbocycles. The van der Waals surface area contributed by atoms with Crippen molar-refractivity contribution in [3.63, 3.8) is 0 Å². The first-order chi connectivity index (χ1) is 17.4. The van der Waals surface area contributed by atoms with Crippen LogP contribution < -0.4 is 19.7 Å².